The maximum absolute atomic E-state index is 16.5. The molecule has 12 heteroatoms. The van der Waals surface area contributed by atoms with Crippen LogP contribution in [0.1, 0.15) is 67.1 Å². The molecule has 6 atom stereocenters. The van der Waals surface area contributed by atoms with Crippen molar-refractivity contribution >= 4 is 23.2 Å². The van der Waals surface area contributed by atoms with Gasteiger partial charge in [-0.15, -0.1) is 0 Å². The number of Topliss-reactive ketones (excluding diaryl/α,β-unsaturated/α-hetero) is 2. The van der Waals surface area contributed by atoms with E-state index in [1.54, 1.807) is 0 Å². The van der Waals surface area contributed by atoms with Crippen LogP contribution < -0.4 is 11.1 Å². The number of benzene rings is 1. The molecule has 2 heterocycles. The van der Waals surface area contributed by atoms with Crippen molar-refractivity contribution in [2.75, 3.05) is 38.5 Å². The van der Waals surface area contributed by atoms with Gasteiger partial charge in [0.2, 0.25) is 5.78 Å². The maximum atomic E-state index is 16.5. The predicted molar refractivity (Wildman–Crippen MR) is 154 cm³/mol. The second-order valence-electron chi connectivity index (χ2n) is 12.7. The third-order valence-electron chi connectivity index (χ3n) is 10.3. The van der Waals surface area contributed by atoms with Crippen LogP contribution in [0.4, 0.5) is 10.1 Å². The Morgan fingerprint density at radius 2 is 1.86 bits per heavy atom. The number of nitrogens with two attached hydrogens (primary N) is 1. The Kier molecular flexibility index (Phi) is 7.09. The zero-order valence-corrected chi connectivity index (χ0v) is 24.6. The highest BCUT2D eigenvalue weighted by molar-refractivity contribution is 6.25. The van der Waals surface area contributed by atoms with Crippen molar-refractivity contribution in [1.82, 2.24) is 9.80 Å². The minimum absolute atomic E-state index is 0.0336. The number of aliphatic hydroxyl groups excluding tert-OH is 2. The van der Waals surface area contributed by atoms with Gasteiger partial charge >= 0.3 is 0 Å². The number of likely N-dealkylation sites (tertiary alicyclic amines) is 1. The Hall–Kier alpha value is -3.48. The van der Waals surface area contributed by atoms with E-state index in [1.165, 1.54) is 0 Å². The van der Waals surface area contributed by atoms with Crippen molar-refractivity contribution in [3.63, 3.8) is 0 Å². The molecule has 1 fully saturated rings. The molecule has 3 aliphatic carbocycles. The number of hydrogen-bond acceptors (Lipinski definition) is 10. The van der Waals surface area contributed by atoms with Crippen LogP contribution in [0.2, 0.25) is 0 Å². The Morgan fingerprint density at radius 1 is 1.19 bits per heavy atom. The van der Waals surface area contributed by atoms with E-state index in [0.29, 0.717) is 38.0 Å². The van der Waals surface area contributed by atoms with E-state index in [0.717, 1.165) is 13.0 Å². The Balaban J connectivity index is 1.53. The van der Waals surface area contributed by atoms with Gasteiger partial charge in [-0.3, -0.25) is 24.2 Å². The van der Waals surface area contributed by atoms with Crippen molar-refractivity contribution < 1.29 is 39.2 Å². The number of phenolic OH excluding ortho intramolecular Hbond substituents is 1. The van der Waals surface area contributed by atoms with E-state index in [-0.39, 0.29) is 47.2 Å². The lowest BCUT2D eigenvalue weighted by Crippen LogP contribution is -2.64. The number of carbonyl (C=O) groups is 3. The van der Waals surface area contributed by atoms with Crippen LogP contribution in [0.25, 0.3) is 0 Å². The van der Waals surface area contributed by atoms with Crippen molar-refractivity contribution in [2.45, 2.75) is 63.6 Å². The number of primary amides is 1. The quantitative estimate of drug-likeness (QED) is 0.210. The van der Waals surface area contributed by atoms with Gasteiger partial charge in [0.1, 0.15) is 22.9 Å². The van der Waals surface area contributed by atoms with E-state index in [1.807, 2.05) is 30.7 Å². The molecule has 1 aromatic carbocycles. The van der Waals surface area contributed by atoms with Crippen LogP contribution in [0.3, 0.4) is 0 Å². The molecular formula is C31H39FN4O7. The lowest BCUT2D eigenvalue weighted by molar-refractivity contribution is -0.149. The van der Waals surface area contributed by atoms with Crippen molar-refractivity contribution in [1.29, 1.82) is 0 Å². The van der Waals surface area contributed by atoms with E-state index in [2.05, 4.69) is 5.32 Å². The summed E-state index contributed by atoms with van der Waals surface area (Å²) in [6.45, 7) is 5.98. The third-order valence-corrected chi connectivity index (χ3v) is 10.3. The van der Waals surface area contributed by atoms with Gasteiger partial charge in [0.15, 0.2) is 17.1 Å². The lowest BCUT2D eigenvalue weighted by Gasteiger charge is -2.51. The minimum Gasteiger partial charge on any atom is -0.510 e. The van der Waals surface area contributed by atoms with Gasteiger partial charge in [0.25, 0.3) is 5.91 Å². The van der Waals surface area contributed by atoms with Crippen molar-refractivity contribution in [3.8, 4) is 5.75 Å². The van der Waals surface area contributed by atoms with Crippen LogP contribution in [0.15, 0.2) is 22.7 Å². The number of fused-ring (bicyclic) bond motifs is 6. The Labute approximate surface area is 248 Å². The van der Waals surface area contributed by atoms with Gasteiger partial charge in [0, 0.05) is 35.2 Å². The average Bonchev–Trinajstić information content (AvgIpc) is 3.34. The molecule has 2 aliphatic heterocycles. The molecule has 6 rings (SSSR count). The number of nitrogens with one attached hydrogen (secondary N) is 1. The van der Waals surface area contributed by atoms with Crippen molar-refractivity contribution in [2.24, 2.45) is 23.5 Å². The number of anilines is 1. The zero-order valence-electron chi connectivity index (χ0n) is 24.6. The van der Waals surface area contributed by atoms with E-state index in [9.17, 15) is 34.8 Å². The highest BCUT2D eigenvalue weighted by Gasteiger charge is 2.64. The molecule has 7 N–H and O–H groups in total. The van der Waals surface area contributed by atoms with Gasteiger partial charge in [-0.2, -0.15) is 0 Å². The number of amides is 1. The third kappa shape index (κ3) is 3.92. The first-order valence-electron chi connectivity index (χ1n) is 15.1. The second kappa shape index (κ2) is 10.3. The monoisotopic (exact) mass is 598 g/mol. The fourth-order valence-electron chi connectivity index (χ4n) is 8.54. The van der Waals surface area contributed by atoms with Crippen LogP contribution >= 0.6 is 0 Å². The molecule has 1 saturated heterocycles. The number of ketones is 2. The molecule has 2 unspecified atom stereocenters. The summed E-state index contributed by atoms with van der Waals surface area (Å²) >= 11 is 0. The number of aliphatic hydroxyl groups is 3. The molecule has 0 bridgehead atoms. The topological polar surface area (TPSA) is 177 Å². The number of rotatable bonds is 6. The minimum atomic E-state index is -2.74. The van der Waals surface area contributed by atoms with Crippen LogP contribution in [-0.4, -0.2) is 92.6 Å². The SMILES string of the molecule is CCCN(CCC)[C@@H]1C(O)=C(C(N)=O)C(=O)[C@@]2(O)C(O)=C3C(=O)c4c(O)c5c(c(F)c4C[C@H]3C[C@@H]12)C1C(CCN1C)CN5. The highest BCUT2D eigenvalue weighted by Crippen LogP contribution is 2.56. The number of aromatic hydroxyl groups is 1. The van der Waals surface area contributed by atoms with Gasteiger partial charge in [-0.05, 0) is 70.6 Å². The first-order chi connectivity index (χ1) is 20.4. The van der Waals surface area contributed by atoms with Gasteiger partial charge in [-0.1, -0.05) is 13.8 Å². The van der Waals surface area contributed by atoms with Crippen LogP contribution in [0.5, 0.6) is 5.75 Å². The maximum Gasteiger partial charge on any atom is 0.255 e. The van der Waals surface area contributed by atoms with Gasteiger partial charge in [0.05, 0.1) is 17.3 Å². The fourth-order valence-corrected chi connectivity index (χ4v) is 8.54. The summed E-state index contributed by atoms with van der Waals surface area (Å²) < 4.78 is 16.5. The molecule has 1 aromatic rings. The molecule has 0 aromatic heterocycles. The van der Waals surface area contributed by atoms with E-state index in [4.69, 9.17) is 5.73 Å². The number of hydrogen-bond donors (Lipinski definition) is 6. The summed E-state index contributed by atoms with van der Waals surface area (Å²) in [5.74, 6) is -7.82. The molecule has 232 valence electrons. The number of allylic oxidation sites excluding steroid dienone is 1. The summed E-state index contributed by atoms with van der Waals surface area (Å²) in [7, 11) is 1.90. The molecule has 5 aliphatic rings. The average molecular weight is 599 g/mol. The summed E-state index contributed by atoms with van der Waals surface area (Å²) in [6, 6.07) is -1.33. The molecular weight excluding hydrogens is 559 g/mol. The smallest absolute Gasteiger partial charge is 0.255 e. The molecule has 11 nitrogen and oxygen atoms in total. The first-order valence-corrected chi connectivity index (χ1v) is 15.1. The highest BCUT2D eigenvalue weighted by atomic mass is 19.1. The second-order valence-corrected chi connectivity index (χ2v) is 12.7. The molecule has 0 spiro atoms. The van der Waals surface area contributed by atoms with Crippen LogP contribution in [0, 0.1) is 23.6 Å². The summed E-state index contributed by atoms with van der Waals surface area (Å²) in [5.41, 5.74) is 1.82. The van der Waals surface area contributed by atoms with Crippen molar-refractivity contribution in [3.05, 3.63) is 45.2 Å². The molecule has 43 heavy (non-hydrogen) atoms. The van der Waals surface area contributed by atoms with Gasteiger partial charge in [-0.25, -0.2) is 4.39 Å². The Morgan fingerprint density at radius 3 is 2.49 bits per heavy atom. The largest absolute Gasteiger partial charge is 0.510 e. The number of carbonyl (C=O) groups excluding carboxylic acids is 3. The van der Waals surface area contributed by atoms with Crippen LogP contribution in [-0.2, 0) is 16.0 Å². The summed E-state index contributed by atoms with van der Waals surface area (Å²) in [5, 5.41) is 49.5. The summed E-state index contributed by atoms with van der Waals surface area (Å²) in [6.07, 6.45) is 2.02. The standard InChI is InChI=1S/C31H39FN4O7/c1-4-7-36(8-5-2)24-16-11-14-10-15-18(26(38)22-19(21(15)32)23-13(12-34-22)6-9-35(23)3)25(37)17(14)28(40)31(16,43)29(41)20(27(24)39)30(33)42/h13-14,16,23-24,34,38-40,43H,4-12H2,1-3H3,(H2,33,42)/t13?,14-,16-,23?,24-,31-/m0/s1. The summed E-state index contributed by atoms with van der Waals surface area (Å²) in [4.78, 5) is 44.1. The van der Waals surface area contributed by atoms with E-state index < -0.39 is 69.6 Å². The Bertz CT molecular complexity index is 1500. The zero-order chi connectivity index (χ0) is 31.1. The molecule has 1 amide bonds. The van der Waals surface area contributed by atoms with E-state index >= 15 is 4.39 Å². The fraction of sp³-hybridized carbons (Fsp3) is 0.581. The number of halogens is 1. The molecule has 0 saturated carbocycles. The lowest BCUT2D eigenvalue weighted by atomic mass is 9.58. The van der Waals surface area contributed by atoms with Gasteiger partial charge < -0.3 is 31.5 Å². The number of phenols is 1. The predicted octanol–water partition coefficient (Wildman–Crippen LogP) is 2.24. The molecule has 0 radical (unpaired) electrons. The normalized spacial score (nSPS) is 31.8. The number of nitrogens with zero attached hydrogens (tertiary/aromatic N) is 2. The first kappa shape index (κ1) is 29.6.